The predicted octanol–water partition coefficient (Wildman–Crippen LogP) is 5.99. The molecule has 7 nitrogen and oxygen atoms in total. The summed E-state index contributed by atoms with van der Waals surface area (Å²) >= 11 is 2.15. The summed E-state index contributed by atoms with van der Waals surface area (Å²) < 4.78 is 18.5. The van der Waals surface area contributed by atoms with Crippen LogP contribution in [0.5, 0.6) is 0 Å². The summed E-state index contributed by atoms with van der Waals surface area (Å²) in [5.74, 6) is -0.528. The number of anilines is 3. The minimum Gasteiger partial charge on any atom is -0.449 e. The van der Waals surface area contributed by atoms with Crippen LogP contribution in [0.1, 0.15) is 23.2 Å². The van der Waals surface area contributed by atoms with Crippen molar-refractivity contribution in [1.82, 2.24) is 4.98 Å². The summed E-state index contributed by atoms with van der Waals surface area (Å²) in [6.45, 7) is 2.13. The molecule has 2 amide bonds. The number of piperidine rings is 1. The van der Waals surface area contributed by atoms with E-state index in [0.29, 0.717) is 29.5 Å². The van der Waals surface area contributed by atoms with Crippen LogP contribution in [0.4, 0.5) is 26.2 Å². The number of nitrogens with zero attached hydrogens (tertiary/aromatic N) is 2. The average Bonchev–Trinajstić information content (AvgIpc) is 2.91. The molecule has 0 spiro atoms. The quantitative estimate of drug-likeness (QED) is 0.272. The zero-order chi connectivity index (χ0) is 25.0. The summed E-state index contributed by atoms with van der Waals surface area (Å²) in [6, 6.07) is 16.1. The number of para-hydroxylation sites is 2. The molecule has 0 radical (unpaired) electrons. The second-order valence-corrected chi connectivity index (χ2v) is 7.87. The van der Waals surface area contributed by atoms with Crippen LogP contribution in [-0.2, 0) is 4.74 Å². The topological polar surface area (TPSA) is 83.6 Å². The number of carbonyl (C=O) groups excluding carboxylic acids is 2. The van der Waals surface area contributed by atoms with Gasteiger partial charge in [-0.1, -0.05) is 34.7 Å². The van der Waals surface area contributed by atoms with E-state index in [-0.39, 0.29) is 0 Å². The first-order chi connectivity index (χ1) is 17.1. The van der Waals surface area contributed by atoms with Crippen molar-refractivity contribution in [2.75, 3.05) is 40.2 Å². The highest BCUT2D eigenvalue weighted by molar-refractivity contribution is 14.1. The van der Waals surface area contributed by atoms with Crippen molar-refractivity contribution in [3.63, 3.8) is 0 Å². The number of benzene rings is 2. The SMILES string of the molecule is CI.O=C(Nc1ccccc1NC(=O)c1ccc(F)cc1)OCC1CCN(c2ccncc2)CC1. The number of halogens is 2. The van der Waals surface area contributed by atoms with Gasteiger partial charge in [0.25, 0.3) is 5.91 Å². The first kappa shape index (κ1) is 26.4. The maximum absolute atomic E-state index is 13.1. The van der Waals surface area contributed by atoms with Gasteiger partial charge < -0.3 is 15.0 Å². The zero-order valence-corrected chi connectivity index (χ0v) is 21.6. The Morgan fingerprint density at radius 2 is 1.57 bits per heavy atom. The van der Waals surface area contributed by atoms with Crippen molar-refractivity contribution in [2.45, 2.75) is 12.8 Å². The van der Waals surface area contributed by atoms with Gasteiger partial charge in [-0.25, -0.2) is 9.18 Å². The van der Waals surface area contributed by atoms with Crippen LogP contribution in [0.3, 0.4) is 0 Å². The first-order valence-corrected chi connectivity index (χ1v) is 13.4. The number of carbonyl (C=O) groups is 2. The van der Waals surface area contributed by atoms with Crippen molar-refractivity contribution in [1.29, 1.82) is 0 Å². The molecule has 0 saturated carbocycles. The third kappa shape index (κ3) is 7.91. The Morgan fingerprint density at radius 3 is 2.20 bits per heavy atom. The Hall–Kier alpha value is -3.21. The number of hydrogen-bond acceptors (Lipinski definition) is 5. The fourth-order valence-electron chi connectivity index (χ4n) is 3.75. The molecular weight excluding hydrogens is 562 g/mol. The Labute approximate surface area is 218 Å². The van der Waals surface area contributed by atoms with Crippen LogP contribution in [0, 0.1) is 11.7 Å². The van der Waals surface area contributed by atoms with Gasteiger partial charge in [0.2, 0.25) is 0 Å². The molecule has 3 aromatic rings. The minimum absolute atomic E-state index is 0.294. The summed E-state index contributed by atoms with van der Waals surface area (Å²) in [5.41, 5.74) is 2.31. The lowest BCUT2D eigenvalue weighted by molar-refractivity contribution is 0.102. The van der Waals surface area contributed by atoms with Crippen molar-refractivity contribution in [2.24, 2.45) is 5.92 Å². The Kier molecular flexibility index (Phi) is 10.3. The fraction of sp³-hybridized carbons (Fsp3) is 0.269. The molecule has 184 valence electrons. The van der Waals surface area contributed by atoms with Gasteiger partial charge >= 0.3 is 6.09 Å². The minimum atomic E-state index is -0.574. The molecule has 2 heterocycles. The smallest absolute Gasteiger partial charge is 0.411 e. The van der Waals surface area contributed by atoms with Gasteiger partial charge in [-0.15, -0.1) is 0 Å². The molecule has 1 saturated heterocycles. The van der Waals surface area contributed by atoms with Gasteiger partial charge in [-0.2, -0.15) is 0 Å². The molecular formula is C26H28FIN4O3. The van der Waals surface area contributed by atoms with E-state index in [9.17, 15) is 14.0 Å². The highest BCUT2D eigenvalue weighted by Crippen LogP contribution is 2.24. The molecule has 4 rings (SSSR count). The molecule has 1 aromatic heterocycles. The lowest BCUT2D eigenvalue weighted by Crippen LogP contribution is -2.35. The van der Waals surface area contributed by atoms with Crippen LogP contribution in [-0.4, -0.2) is 41.6 Å². The van der Waals surface area contributed by atoms with Gasteiger partial charge in [-0.05, 0) is 72.2 Å². The number of nitrogens with one attached hydrogen (secondary N) is 2. The number of amides is 2. The van der Waals surface area contributed by atoms with Crippen molar-refractivity contribution < 1.29 is 18.7 Å². The number of aromatic nitrogens is 1. The third-order valence-electron chi connectivity index (χ3n) is 5.61. The summed E-state index contributed by atoms with van der Waals surface area (Å²) in [5, 5.41) is 5.43. The molecule has 35 heavy (non-hydrogen) atoms. The lowest BCUT2D eigenvalue weighted by Gasteiger charge is -2.33. The highest BCUT2D eigenvalue weighted by atomic mass is 127. The number of ether oxygens (including phenoxy) is 1. The second-order valence-electron chi connectivity index (χ2n) is 7.87. The molecule has 1 aliphatic rings. The van der Waals surface area contributed by atoms with Crippen molar-refractivity contribution in [3.05, 3.63) is 84.4 Å². The molecule has 1 fully saturated rings. The van der Waals surface area contributed by atoms with Gasteiger partial charge in [0, 0.05) is 36.7 Å². The van der Waals surface area contributed by atoms with E-state index < -0.39 is 17.8 Å². The predicted molar refractivity (Wildman–Crippen MR) is 145 cm³/mol. The average molecular weight is 590 g/mol. The maximum atomic E-state index is 13.1. The number of hydrogen-bond donors (Lipinski definition) is 2. The molecule has 1 aliphatic heterocycles. The largest absolute Gasteiger partial charge is 0.449 e. The van der Waals surface area contributed by atoms with E-state index in [1.54, 1.807) is 36.7 Å². The van der Waals surface area contributed by atoms with Gasteiger partial charge in [0.05, 0.1) is 18.0 Å². The standard InChI is InChI=1S/C25H25FN4O3.CH3I/c26-20-7-5-19(6-8-20)24(31)28-22-3-1-2-4-23(22)29-25(32)33-17-18-11-15-30(16-12-18)21-9-13-27-14-10-21;1-2/h1-10,13-14,18H,11-12,15-17H2,(H,28,31)(H,29,32);1H3. The van der Waals surface area contributed by atoms with Gasteiger partial charge in [0.15, 0.2) is 0 Å². The van der Waals surface area contributed by atoms with E-state index in [1.165, 1.54) is 24.3 Å². The Morgan fingerprint density at radius 1 is 0.971 bits per heavy atom. The molecule has 0 atom stereocenters. The van der Waals surface area contributed by atoms with E-state index in [4.69, 9.17) is 4.74 Å². The fourth-order valence-corrected chi connectivity index (χ4v) is 3.75. The van der Waals surface area contributed by atoms with E-state index in [0.717, 1.165) is 31.6 Å². The molecule has 0 aliphatic carbocycles. The molecule has 2 N–H and O–H groups in total. The highest BCUT2D eigenvalue weighted by Gasteiger charge is 2.21. The number of pyridine rings is 1. The molecule has 0 bridgehead atoms. The monoisotopic (exact) mass is 590 g/mol. The first-order valence-electron chi connectivity index (χ1n) is 11.2. The van der Waals surface area contributed by atoms with Crippen LogP contribution in [0.15, 0.2) is 73.1 Å². The van der Waals surface area contributed by atoms with E-state index in [2.05, 4.69) is 43.1 Å². The zero-order valence-electron chi connectivity index (χ0n) is 19.4. The third-order valence-corrected chi connectivity index (χ3v) is 5.61. The summed E-state index contributed by atoms with van der Waals surface area (Å²) in [4.78, 5) is 33.1. The van der Waals surface area contributed by atoms with E-state index in [1.807, 2.05) is 17.1 Å². The van der Waals surface area contributed by atoms with Crippen LogP contribution >= 0.6 is 22.6 Å². The van der Waals surface area contributed by atoms with Gasteiger partial charge in [-0.3, -0.25) is 15.1 Å². The summed E-state index contributed by atoms with van der Waals surface area (Å²) in [6.07, 6.45) is 4.86. The van der Waals surface area contributed by atoms with E-state index >= 15 is 0 Å². The molecule has 2 aromatic carbocycles. The van der Waals surface area contributed by atoms with Crippen LogP contribution < -0.4 is 15.5 Å². The lowest BCUT2D eigenvalue weighted by atomic mass is 9.97. The molecule has 0 unspecified atom stereocenters. The normalized spacial score (nSPS) is 13.3. The second kappa shape index (κ2) is 13.6. The Balaban J connectivity index is 0.00000167. The van der Waals surface area contributed by atoms with Crippen LogP contribution in [0.25, 0.3) is 0 Å². The van der Waals surface area contributed by atoms with Crippen LogP contribution in [0.2, 0.25) is 0 Å². The van der Waals surface area contributed by atoms with Gasteiger partial charge in [0.1, 0.15) is 5.82 Å². The molecule has 9 heteroatoms. The number of alkyl halides is 1. The van der Waals surface area contributed by atoms with Crippen molar-refractivity contribution >= 4 is 51.7 Å². The summed E-state index contributed by atoms with van der Waals surface area (Å²) in [7, 11) is 0. The van der Waals surface area contributed by atoms with Crippen molar-refractivity contribution in [3.8, 4) is 0 Å². The number of rotatable bonds is 6. The maximum Gasteiger partial charge on any atom is 0.411 e. The Bertz CT molecular complexity index is 1090.